The minimum atomic E-state index is 0.781. The molecule has 0 radical (unpaired) electrons. The molecule has 1 rings (SSSR count). The highest BCUT2D eigenvalue weighted by Gasteiger charge is 2.10. The van der Waals surface area contributed by atoms with E-state index in [9.17, 15) is 0 Å². The molecule has 1 saturated heterocycles. The van der Waals surface area contributed by atoms with Gasteiger partial charge >= 0.3 is 0 Å². The van der Waals surface area contributed by atoms with Gasteiger partial charge in [0.15, 0.2) is 0 Å². The number of allylic oxidation sites excluding steroid dienone is 4. The molecule has 1 N–H and O–H groups in total. The van der Waals surface area contributed by atoms with Crippen molar-refractivity contribution in [1.82, 2.24) is 5.32 Å². The molecule has 0 bridgehead atoms. The van der Waals surface area contributed by atoms with Gasteiger partial charge in [-0.2, -0.15) is 0 Å². The van der Waals surface area contributed by atoms with E-state index < -0.39 is 0 Å². The molecular weight excluding hydrogens is 158 g/mol. The number of hydrogen-bond acceptors (Lipinski definition) is 1. The van der Waals surface area contributed by atoms with E-state index in [-0.39, 0.29) is 0 Å². The predicted molar refractivity (Wildman–Crippen MR) is 58.8 cm³/mol. The van der Waals surface area contributed by atoms with Gasteiger partial charge in [0.2, 0.25) is 0 Å². The smallest absolute Gasteiger partial charge is 0.00700 e. The van der Waals surface area contributed by atoms with Crippen LogP contribution in [0, 0.1) is 0 Å². The minimum absolute atomic E-state index is 0.781. The van der Waals surface area contributed by atoms with Crippen LogP contribution < -0.4 is 5.32 Å². The lowest BCUT2D eigenvalue weighted by Crippen LogP contribution is -2.33. The normalized spacial score (nSPS) is 24.5. The van der Waals surface area contributed by atoms with Gasteiger partial charge in [-0.3, -0.25) is 0 Å². The lowest BCUT2D eigenvalue weighted by atomic mass is 10.0. The number of nitrogens with one attached hydrogen (secondary N) is 1. The van der Waals surface area contributed by atoms with Crippen LogP contribution in [-0.4, -0.2) is 12.6 Å². The molecule has 1 heterocycles. The maximum absolute atomic E-state index is 3.56. The van der Waals surface area contributed by atoms with E-state index in [2.05, 4.69) is 29.6 Å². The summed E-state index contributed by atoms with van der Waals surface area (Å²) in [5, 5.41) is 3.56. The second kappa shape index (κ2) is 6.90. The summed E-state index contributed by atoms with van der Waals surface area (Å²) in [5.41, 5.74) is 0. The van der Waals surface area contributed by atoms with Crippen LogP contribution in [0.15, 0.2) is 24.3 Å². The molecule has 1 heteroatoms. The van der Waals surface area contributed by atoms with Gasteiger partial charge in [0.05, 0.1) is 0 Å². The third-order valence-electron chi connectivity index (χ3n) is 2.53. The number of hydrogen-bond donors (Lipinski definition) is 1. The summed E-state index contributed by atoms with van der Waals surface area (Å²) in [6, 6.07) is 0.781. The van der Waals surface area contributed by atoms with Crippen molar-refractivity contribution >= 4 is 0 Å². The van der Waals surface area contributed by atoms with E-state index in [4.69, 9.17) is 0 Å². The third kappa shape index (κ3) is 4.89. The second-order valence-electron chi connectivity index (χ2n) is 3.68. The molecule has 1 unspecified atom stereocenters. The van der Waals surface area contributed by atoms with Crippen LogP contribution in [-0.2, 0) is 0 Å². The van der Waals surface area contributed by atoms with Gasteiger partial charge in [0, 0.05) is 6.04 Å². The van der Waals surface area contributed by atoms with Crippen LogP contribution in [0.2, 0.25) is 0 Å². The molecule has 1 atom stereocenters. The second-order valence-corrected chi connectivity index (χ2v) is 3.68. The fraction of sp³-hybridized carbons (Fsp3) is 0.667. The van der Waals surface area contributed by atoms with Crippen LogP contribution in [0.4, 0.5) is 0 Å². The van der Waals surface area contributed by atoms with Gasteiger partial charge in [-0.15, -0.1) is 0 Å². The molecule has 0 aliphatic carbocycles. The largest absolute Gasteiger partial charge is 0.314 e. The first-order valence-electron chi connectivity index (χ1n) is 5.44. The summed E-state index contributed by atoms with van der Waals surface area (Å²) in [6.07, 6.45) is 15.2. The zero-order valence-electron chi connectivity index (χ0n) is 8.63. The molecule has 1 aliphatic heterocycles. The fourth-order valence-electron chi connectivity index (χ4n) is 1.75. The highest BCUT2D eigenvalue weighted by Crippen LogP contribution is 2.11. The Kier molecular flexibility index (Phi) is 5.59. The van der Waals surface area contributed by atoms with Crippen molar-refractivity contribution in [3.63, 3.8) is 0 Å². The summed E-state index contributed by atoms with van der Waals surface area (Å²) in [7, 11) is 0. The van der Waals surface area contributed by atoms with Crippen molar-refractivity contribution in [2.24, 2.45) is 0 Å². The SMILES string of the molecule is CC=CC=CCCC1CCCCN1. The average Bonchev–Trinajstić information content (AvgIpc) is 2.19. The molecule has 1 fully saturated rings. The van der Waals surface area contributed by atoms with E-state index in [1.54, 1.807) is 0 Å². The van der Waals surface area contributed by atoms with Gasteiger partial charge in [-0.25, -0.2) is 0 Å². The van der Waals surface area contributed by atoms with Crippen LogP contribution in [0.1, 0.15) is 39.0 Å². The average molecular weight is 179 g/mol. The van der Waals surface area contributed by atoms with Crippen LogP contribution >= 0.6 is 0 Å². The highest BCUT2D eigenvalue weighted by molar-refractivity contribution is 5.01. The molecule has 0 aromatic rings. The maximum Gasteiger partial charge on any atom is 0.00700 e. The quantitative estimate of drug-likeness (QED) is 0.654. The Morgan fingerprint density at radius 3 is 2.92 bits per heavy atom. The van der Waals surface area contributed by atoms with Crippen molar-refractivity contribution in [3.8, 4) is 0 Å². The monoisotopic (exact) mass is 179 g/mol. The number of piperidine rings is 1. The summed E-state index contributed by atoms with van der Waals surface area (Å²) in [4.78, 5) is 0. The van der Waals surface area contributed by atoms with Crippen molar-refractivity contribution in [2.45, 2.75) is 45.1 Å². The molecule has 0 aromatic heterocycles. The zero-order chi connectivity index (χ0) is 9.36. The molecule has 0 amide bonds. The molecule has 1 aliphatic rings. The Bertz CT molecular complexity index is 164. The molecule has 1 nitrogen and oxygen atoms in total. The Hall–Kier alpha value is -0.560. The minimum Gasteiger partial charge on any atom is -0.314 e. The lowest BCUT2D eigenvalue weighted by Gasteiger charge is -2.22. The topological polar surface area (TPSA) is 12.0 Å². The Morgan fingerprint density at radius 2 is 2.23 bits per heavy atom. The molecular formula is C12H21N. The fourth-order valence-corrected chi connectivity index (χ4v) is 1.75. The van der Waals surface area contributed by atoms with E-state index in [0.717, 1.165) is 6.04 Å². The van der Waals surface area contributed by atoms with Gasteiger partial charge in [0.25, 0.3) is 0 Å². The first-order valence-corrected chi connectivity index (χ1v) is 5.44. The Morgan fingerprint density at radius 1 is 1.31 bits per heavy atom. The van der Waals surface area contributed by atoms with E-state index in [0.29, 0.717) is 0 Å². The molecule has 13 heavy (non-hydrogen) atoms. The van der Waals surface area contributed by atoms with Gasteiger partial charge in [0.1, 0.15) is 0 Å². The van der Waals surface area contributed by atoms with Gasteiger partial charge in [-0.05, 0) is 39.2 Å². The van der Waals surface area contributed by atoms with Crippen LogP contribution in [0.3, 0.4) is 0 Å². The van der Waals surface area contributed by atoms with Crippen molar-refractivity contribution in [3.05, 3.63) is 24.3 Å². The summed E-state index contributed by atoms with van der Waals surface area (Å²) in [5.74, 6) is 0. The summed E-state index contributed by atoms with van der Waals surface area (Å²) < 4.78 is 0. The summed E-state index contributed by atoms with van der Waals surface area (Å²) in [6.45, 7) is 3.27. The maximum atomic E-state index is 3.56. The highest BCUT2D eigenvalue weighted by atomic mass is 14.9. The van der Waals surface area contributed by atoms with Gasteiger partial charge < -0.3 is 5.32 Å². The molecule has 74 valence electrons. The first-order chi connectivity index (χ1) is 6.43. The van der Waals surface area contributed by atoms with Crippen molar-refractivity contribution in [2.75, 3.05) is 6.54 Å². The van der Waals surface area contributed by atoms with Gasteiger partial charge in [-0.1, -0.05) is 30.7 Å². The molecule has 0 saturated carbocycles. The van der Waals surface area contributed by atoms with Crippen LogP contribution in [0.5, 0.6) is 0 Å². The summed E-state index contributed by atoms with van der Waals surface area (Å²) >= 11 is 0. The zero-order valence-corrected chi connectivity index (χ0v) is 8.63. The Balaban J connectivity index is 2.04. The van der Waals surface area contributed by atoms with Crippen LogP contribution in [0.25, 0.3) is 0 Å². The van der Waals surface area contributed by atoms with Crippen molar-refractivity contribution < 1.29 is 0 Å². The van der Waals surface area contributed by atoms with Crippen molar-refractivity contribution in [1.29, 1.82) is 0 Å². The standard InChI is InChI=1S/C12H21N/c1-2-3-4-5-6-9-12-10-7-8-11-13-12/h2-5,12-13H,6-11H2,1H3. The molecule has 0 spiro atoms. The lowest BCUT2D eigenvalue weighted by molar-refractivity contribution is 0.384. The predicted octanol–water partition coefficient (Wildman–Crippen LogP) is 3.04. The van der Waals surface area contributed by atoms with E-state index in [1.165, 1.54) is 38.6 Å². The first kappa shape index (κ1) is 10.5. The molecule has 0 aromatic carbocycles. The van der Waals surface area contributed by atoms with E-state index >= 15 is 0 Å². The third-order valence-corrected chi connectivity index (χ3v) is 2.53. The Labute approximate surface area is 81.9 Å². The number of rotatable bonds is 4. The van der Waals surface area contributed by atoms with E-state index in [1.807, 2.05) is 6.92 Å².